The van der Waals surface area contributed by atoms with Crippen LogP contribution in [-0.4, -0.2) is 10.9 Å². The van der Waals surface area contributed by atoms with Gasteiger partial charge in [0.25, 0.3) is 0 Å². The standard InChI is InChI=1S/C16H19N3O/c1-11-10-14(8-9-18-11)19-16(20)12(2)15(17)13-6-4-3-5-7-13/h3-10,12,15H,17H2,1-2H3,(H,18,19,20). The highest BCUT2D eigenvalue weighted by molar-refractivity contribution is 5.92. The first-order valence-electron chi connectivity index (χ1n) is 6.62. The number of benzene rings is 1. The van der Waals surface area contributed by atoms with Gasteiger partial charge in [-0.3, -0.25) is 9.78 Å². The molecule has 2 aromatic rings. The van der Waals surface area contributed by atoms with Gasteiger partial charge in [0.2, 0.25) is 5.91 Å². The first kappa shape index (κ1) is 14.2. The van der Waals surface area contributed by atoms with Crippen molar-refractivity contribution in [1.29, 1.82) is 0 Å². The van der Waals surface area contributed by atoms with Gasteiger partial charge in [-0.15, -0.1) is 0 Å². The summed E-state index contributed by atoms with van der Waals surface area (Å²) in [5, 5.41) is 2.87. The van der Waals surface area contributed by atoms with Crippen molar-refractivity contribution in [2.45, 2.75) is 19.9 Å². The Balaban J connectivity index is 2.05. The quantitative estimate of drug-likeness (QED) is 0.896. The van der Waals surface area contributed by atoms with E-state index >= 15 is 0 Å². The molecule has 2 atom stereocenters. The maximum Gasteiger partial charge on any atom is 0.229 e. The van der Waals surface area contributed by atoms with E-state index in [0.717, 1.165) is 16.9 Å². The summed E-state index contributed by atoms with van der Waals surface area (Å²) < 4.78 is 0. The molecule has 1 amide bonds. The molecule has 0 aliphatic rings. The van der Waals surface area contributed by atoms with Crippen LogP contribution in [0.3, 0.4) is 0 Å². The number of rotatable bonds is 4. The van der Waals surface area contributed by atoms with Gasteiger partial charge in [0, 0.05) is 23.6 Å². The van der Waals surface area contributed by atoms with Crippen molar-refractivity contribution >= 4 is 11.6 Å². The van der Waals surface area contributed by atoms with E-state index < -0.39 is 0 Å². The van der Waals surface area contributed by atoms with Crippen LogP contribution in [0.1, 0.15) is 24.2 Å². The van der Waals surface area contributed by atoms with E-state index in [1.807, 2.05) is 50.2 Å². The van der Waals surface area contributed by atoms with Gasteiger partial charge in [0.1, 0.15) is 0 Å². The maximum absolute atomic E-state index is 12.2. The van der Waals surface area contributed by atoms with Crippen molar-refractivity contribution in [3.63, 3.8) is 0 Å². The summed E-state index contributed by atoms with van der Waals surface area (Å²) in [6, 6.07) is 12.9. The van der Waals surface area contributed by atoms with E-state index in [9.17, 15) is 4.79 Å². The van der Waals surface area contributed by atoms with Crippen molar-refractivity contribution in [3.05, 3.63) is 59.9 Å². The lowest BCUT2D eigenvalue weighted by Crippen LogP contribution is -2.30. The molecule has 0 spiro atoms. The molecule has 0 aliphatic carbocycles. The molecule has 0 radical (unpaired) electrons. The molecule has 4 nitrogen and oxygen atoms in total. The first-order chi connectivity index (χ1) is 9.58. The molecule has 0 bridgehead atoms. The molecule has 2 unspecified atom stereocenters. The van der Waals surface area contributed by atoms with Crippen molar-refractivity contribution in [1.82, 2.24) is 4.98 Å². The topological polar surface area (TPSA) is 68.0 Å². The van der Waals surface area contributed by atoms with Gasteiger partial charge in [-0.2, -0.15) is 0 Å². The Morgan fingerprint density at radius 2 is 1.95 bits per heavy atom. The number of anilines is 1. The fourth-order valence-corrected chi connectivity index (χ4v) is 2.01. The largest absolute Gasteiger partial charge is 0.326 e. The van der Waals surface area contributed by atoms with E-state index in [0.29, 0.717) is 0 Å². The van der Waals surface area contributed by atoms with E-state index in [-0.39, 0.29) is 17.9 Å². The summed E-state index contributed by atoms with van der Waals surface area (Å²) in [6.07, 6.45) is 1.67. The molecule has 0 aliphatic heterocycles. The minimum absolute atomic E-state index is 0.0908. The maximum atomic E-state index is 12.2. The number of nitrogens with zero attached hydrogens (tertiary/aromatic N) is 1. The summed E-state index contributed by atoms with van der Waals surface area (Å²) in [6.45, 7) is 3.72. The Bertz CT molecular complexity index is 583. The van der Waals surface area contributed by atoms with E-state index in [1.54, 1.807) is 12.3 Å². The lowest BCUT2D eigenvalue weighted by Gasteiger charge is -2.19. The SMILES string of the molecule is Cc1cc(NC(=O)C(C)C(N)c2ccccc2)ccn1. The molecule has 20 heavy (non-hydrogen) atoms. The Morgan fingerprint density at radius 1 is 1.25 bits per heavy atom. The van der Waals surface area contributed by atoms with Crippen molar-refractivity contribution in [3.8, 4) is 0 Å². The third-order valence-electron chi connectivity index (χ3n) is 3.30. The molecule has 3 N–H and O–H groups in total. The molecule has 1 heterocycles. The summed E-state index contributed by atoms with van der Waals surface area (Å²) in [5.41, 5.74) is 8.72. The number of nitrogens with one attached hydrogen (secondary N) is 1. The average molecular weight is 269 g/mol. The van der Waals surface area contributed by atoms with Crippen LogP contribution in [0.15, 0.2) is 48.7 Å². The van der Waals surface area contributed by atoms with Gasteiger partial charge >= 0.3 is 0 Å². The molecular formula is C16H19N3O. The van der Waals surface area contributed by atoms with Crippen molar-refractivity contribution in [2.75, 3.05) is 5.32 Å². The zero-order valence-electron chi connectivity index (χ0n) is 11.7. The van der Waals surface area contributed by atoms with Gasteiger partial charge in [-0.25, -0.2) is 0 Å². The van der Waals surface area contributed by atoms with E-state index in [4.69, 9.17) is 5.73 Å². The summed E-state index contributed by atoms with van der Waals surface area (Å²) >= 11 is 0. The fourth-order valence-electron chi connectivity index (χ4n) is 2.01. The van der Waals surface area contributed by atoms with Crippen LogP contribution in [0.25, 0.3) is 0 Å². The molecule has 2 rings (SSSR count). The monoisotopic (exact) mass is 269 g/mol. The van der Waals surface area contributed by atoms with Crippen molar-refractivity contribution in [2.24, 2.45) is 11.7 Å². The predicted octanol–water partition coefficient (Wildman–Crippen LogP) is 2.66. The van der Waals surface area contributed by atoms with Gasteiger partial charge in [-0.1, -0.05) is 37.3 Å². The first-order valence-corrected chi connectivity index (χ1v) is 6.62. The number of aromatic nitrogens is 1. The van der Waals surface area contributed by atoms with Crippen LogP contribution < -0.4 is 11.1 Å². The molecule has 1 aromatic carbocycles. The number of hydrogen-bond donors (Lipinski definition) is 2. The highest BCUT2D eigenvalue weighted by Gasteiger charge is 2.22. The Hall–Kier alpha value is -2.20. The molecule has 0 saturated heterocycles. The Labute approximate surface area is 119 Å². The molecule has 4 heteroatoms. The van der Waals surface area contributed by atoms with Crippen LogP contribution >= 0.6 is 0 Å². The Morgan fingerprint density at radius 3 is 2.60 bits per heavy atom. The van der Waals surface area contributed by atoms with Gasteiger partial charge in [-0.05, 0) is 24.6 Å². The van der Waals surface area contributed by atoms with Crippen LogP contribution in [0.4, 0.5) is 5.69 Å². The van der Waals surface area contributed by atoms with Crippen molar-refractivity contribution < 1.29 is 4.79 Å². The number of nitrogens with two attached hydrogens (primary N) is 1. The van der Waals surface area contributed by atoms with Gasteiger partial charge in [0.15, 0.2) is 0 Å². The highest BCUT2D eigenvalue weighted by atomic mass is 16.1. The lowest BCUT2D eigenvalue weighted by molar-refractivity contribution is -0.120. The molecule has 0 fully saturated rings. The average Bonchev–Trinajstić information content (AvgIpc) is 2.46. The third-order valence-corrected chi connectivity index (χ3v) is 3.30. The molecule has 104 valence electrons. The number of amides is 1. The lowest BCUT2D eigenvalue weighted by atomic mass is 9.94. The van der Waals surface area contributed by atoms with Gasteiger partial charge < -0.3 is 11.1 Å². The third kappa shape index (κ3) is 3.42. The second-order valence-corrected chi connectivity index (χ2v) is 4.90. The minimum Gasteiger partial charge on any atom is -0.326 e. The van der Waals surface area contributed by atoms with Crippen LogP contribution in [0.5, 0.6) is 0 Å². The van der Waals surface area contributed by atoms with Gasteiger partial charge in [0.05, 0.1) is 5.92 Å². The molecule has 1 aromatic heterocycles. The smallest absolute Gasteiger partial charge is 0.229 e. The predicted molar refractivity (Wildman–Crippen MR) is 80.1 cm³/mol. The Kier molecular flexibility index (Phi) is 4.48. The number of carbonyl (C=O) groups is 1. The minimum atomic E-state index is -0.320. The fraction of sp³-hybridized carbons (Fsp3) is 0.250. The van der Waals surface area contributed by atoms with E-state index in [1.165, 1.54) is 0 Å². The summed E-state index contributed by atoms with van der Waals surface area (Å²) in [5.74, 6) is -0.405. The van der Waals surface area contributed by atoms with Crippen LogP contribution in [0.2, 0.25) is 0 Å². The van der Waals surface area contributed by atoms with Crippen LogP contribution in [0, 0.1) is 12.8 Å². The second-order valence-electron chi connectivity index (χ2n) is 4.90. The number of pyridine rings is 1. The number of hydrogen-bond acceptors (Lipinski definition) is 3. The second kappa shape index (κ2) is 6.30. The zero-order valence-corrected chi connectivity index (χ0v) is 11.7. The summed E-state index contributed by atoms with van der Waals surface area (Å²) in [4.78, 5) is 16.3. The number of aryl methyl sites for hydroxylation is 1. The normalized spacial score (nSPS) is 13.6. The molecular weight excluding hydrogens is 250 g/mol. The summed E-state index contributed by atoms with van der Waals surface area (Å²) in [7, 11) is 0. The van der Waals surface area contributed by atoms with E-state index in [2.05, 4.69) is 10.3 Å². The van der Waals surface area contributed by atoms with Crippen LogP contribution in [-0.2, 0) is 4.79 Å². The highest BCUT2D eigenvalue weighted by Crippen LogP contribution is 2.20. The molecule has 0 saturated carbocycles. The zero-order chi connectivity index (χ0) is 14.5. The number of carbonyl (C=O) groups excluding carboxylic acids is 1.